The predicted octanol–water partition coefficient (Wildman–Crippen LogP) is 2.68. The van der Waals surface area contributed by atoms with E-state index in [9.17, 15) is 4.39 Å². The molecule has 2 fully saturated rings. The van der Waals surface area contributed by atoms with E-state index >= 15 is 0 Å². The molecule has 2 atom stereocenters. The van der Waals surface area contributed by atoms with Crippen molar-refractivity contribution in [3.63, 3.8) is 0 Å². The summed E-state index contributed by atoms with van der Waals surface area (Å²) in [5, 5.41) is 0.252. The highest BCUT2D eigenvalue weighted by molar-refractivity contribution is 6.30. The zero-order valence-electron chi connectivity index (χ0n) is 8.63. The van der Waals surface area contributed by atoms with Gasteiger partial charge in [-0.15, -0.1) is 0 Å². The van der Waals surface area contributed by atoms with Crippen LogP contribution in [0.4, 0.5) is 4.39 Å². The Kier molecular flexibility index (Phi) is 1.89. The summed E-state index contributed by atoms with van der Waals surface area (Å²) in [6.07, 6.45) is 1.24. The van der Waals surface area contributed by atoms with E-state index < -0.39 is 0 Å². The molecule has 3 heteroatoms. The summed E-state index contributed by atoms with van der Waals surface area (Å²) in [7, 11) is 2.14. The average molecular weight is 226 g/mol. The zero-order valence-corrected chi connectivity index (χ0v) is 9.39. The van der Waals surface area contributed by atoms with Crippen molar-refractivity contribution in [1.29, 1.82) is 0 Å². The Morgan fingerprint density at radius 3 is 2.93 bits per heavy atom. The van der Waals surface area contributed by atoms with Gasteiger partial charge < -0.3 is 4.90 Å². The molecule has 2 aliphatic rings. The molecule has 1 nitrogen and oxygen atoms in total. The molecular formula is C12H13ClFN. The third-order valence-corrected chi connectivity index (χ3v) is 4.10. The number of benzene rings is 1. The molecule has 1 aliphatic carbocycles. The summed E-state index contributed by atoms with van der Waals surface area (Å²) in [6.45, 7) is 2.24. The van der Waals surface area contributed by atoms with E-state index in [1.807, 2.05) is 6.07 Å². The van der Waals surface area contributed by atoms with Gasteiger partial charge in [0.25, 0.3) is 0 Å². The molecule has 1 heterocycles. The maximum atomic E-state index is 13.1. The predicted molar refractivity (Wildman–Crippen MR) is 58.7 cm³/mol. The van der Waals surface area contributed by atoms with Crippen LogP contribution in [-0.2, 0) is 5.41 Å². The molecule has 3 rings (SSSR count). The van der Waals surface area contributed by atoms with E-state index in [0.29, 0.717) is 0 Å². The van der Waals surface area contributed by atoms with Gasteiger partial charge in [0.2, 0.25) is 0 Å². The number of likely N-dealkylation sites (tertiary alicyclic amines) is 1. The Balaban J connectivity index is 1.97. The maximum Gasteiger partial charge on any atom is 0.141 e. The lowest BCUT2D eigenvalue weighted by Gasteiger charge is -2.16. The Hall–Kier alpha value is -0.600. The second kappa shape index (κ2) is 2.96. The van der Waals surface area contributed by atoms with E-state index in [1.54, 1.807) is 6.07 Å². The minimum atomic E-state index is -0.319. The van der Waals surface area contributed by atoms with Crippen molar-refractivity contribution in [3.05, 3.63) is 34.6 Å². The van der Waals surface area contributed by atoms with Crippen LogP contribution in [0, 0.1) is 11.7 Å². The average Bonchev–Trinajstić information content (AvgIpc) is 2.75. The van der Waals surface area contributed by atoms with Crippen LogP contribution in [-0.4, -0.2) is 25.0 Å². The van der Waals surface area contributed by atoms with Crippen LogP contribution in [0.1, 0.15) is 12.0 Å². The van der Waals surface area contributed by atoms with Crippen LogP contribution in [0.2, 0.25) is 5.02 Å². The first-order chi connectivity index (χ1) is 7.12. The fourth-order valence-corrected chi connectivity index (χ4v) is 3.17. The minimum absolute atomic E-state index is 0.252. The van der Waals surface area contributed by atoms with Crippen LogP contribution < -0.4 is 0 Å². The summed E-state index contributed by atoms with van der Waals surface area (Å²) in [4.78, 5) is 2.34. The summed E-state index contributed by atoms with van der Waals surface area (Å²) in [6, 6.07) is 5.18. The topological polar surface area (TPSA) is 3.24 Å². The number of piperidine rings is 1. The number of halogens is 2. The minimum Gasteiger partial charge on any atom is -0.305 e. The van der Waals surface area contributed by atoms with Crippen molar-refractivity contribution < 1.29 is 4.39 Å². The van der Waals surface area contributed by atoms with Crippen molar-refractivity contribution in [3.8, 4) is 0 Å². The van der Waals surface area contributed by atoms with Crippen molar-refractivity contribution >= 4 is 11.6 Å². The zero-order chi connectivity index (χ0) is 10.6. The smallest absolute Gasteiger partial charge is 0.141 e. The molecule has 0 amide bonds. The van der Waals surface area contributed by atoms with E-state index in [-0.39, 0.29) is 16.3 Å². The van der Waals surface area contributed by atoms with Gasteiger partial charge in [-0.05, 0) is 37.1 Å². The number of rotatable bonds is 1. The molecule has 80 valence electrons. The first kappa shape index (κ1) is 9.61. The summed E-state index contributed by atoms with van der Waals surface area (Å²) < 4.78 is 13.1. The molecule has 0 radical (unpaired) electrons. The lowest BCUT2D eigenvalue weighted by molar-refractivity contribution is 0.363. The third-order valence-electron chi connectivity index (χ3n) is 3.81. The molecule has 1 saturated carbocycles. The normalized spacial score (nSPS) is 34.2. The van der Waals surface area contributed by atoms with Gasteiger partial charge in [-0.1, -0.05) is 17.7 Å². The second-order valence-electron chi connectivity index (χ2n) is 4.88. The SMILES string of the molecule is CN1C[C@@H]2CC2(c2ccc(F)c(Cl)c2)C1. The number of fused-ring (bicyclic) bond motifs is 1. The molecule has 0 aromatic heterocycles. The highest BCUT2D eigenvalue weighted by atomic mass is 35.5. The Bertz CT molecular complexity index is 420. The van der Waals surface area contributed by atoms with Gasteiger partial charge in [-0.25, -0.2) is 4.39 Å². The van der Waals surface area contributed by atoms with Gasteiger partial charge in [0.05, 0.1) is 5.02 Å². The first-order valence-corrected chi connectivity index (χ1v) is 5.64. The highest BCUT2D eigenvalue weighted by Crippen LogP contribution is 2.58. The van der Waals surface area contributed by atoms with Crippen LogP contribution >= 0.6 is 11.6 Å². The van der Waals surface area contributed by atoms with Gasteiger partial charge in [0.15, 0.2) is 0 Å². The van der Waals surface area contributed by atoms with Gasteiger partial charge in [-0.2, -0.15) is 0 Å². The molecule has 1 aromatic carbocycles. The van der Waals surface area contributed by atoms with Gasteiger partial charge >= 0.3 is 0 Å². The fraction of sp³-hybridized carbons (Fsp3) is 0.500. The molecule has 1 saturated heterocycles. The molecule has 0 spiro atoms. The van der Waals surface area contributed by atoms with Crippen molar-refractivity contribution in [2.45, 2.75) is 11.8 Å². The second-order valence-corrected chi connectivity index (χ2v) is 5.29. The third kappa shape index (κ3) is 1.31. The van der Waals surface area contributed by atoms with Crippen molar-refractivity contribution in [2.24, 2.45) is 5.92 Å². The van der Waals surface area contributed by atoms with E-state index in [4.69, 9.17) is 11.6 Å². The Morgan fingerprint density at radius 2 is 2.33 bits per heavy atom. The van der Waals surface area contributed by atoms with Gasteiger partial charge in [0, 0.05) is 18.5 Å². The van der Waals surface area contributed by atoms with E-state index in [2.05, 4.69) is 11.9 Å². The monoisotopic (exact) mass is 225 g/mol. The fourth-order valence-electron chi connectivity index (χ4n) is 2.99. The molecule has 0 bridgehead atoms. The number of hydrogen-bond acceptors (Lipinski definition) is 1. The number of likely N-dealkylation sites (N-methyl/N-ethyl adjacent to an activating group) is 1. The van der Waals surface area contributed by atoms with Crippen LogP contribution in [0.25, 0.3) is 0 Å². The van der Waals surface area contributed by atoms with Crippen molar-refractivity contribution in [2.75, 3.05) is 20.1 Å². The Labute approximate surface area is 93.8 Å². The molecule has 1 unspecified atom stereocenters. The van der Waals surface area contributed by atoms with Crippen LogP contribution in [0.15, 0.2) is 18.2 Å². The van der Waals surface area contributed by atoms with Gasteiger partial charge in [-0.3, -0.25) is 0 Å². The quantitative estimate of drug-likeness (QED) is 0.711. The van der Waals surface area contributed by atoms with Crippen LogP contribution in [0.3, 0.4) is 0 Å². The number of hydrogen-bond donors (Lipinski definition) is 0. The molecule has 1 aliphatic heterocycles. The maximum absolute atomic E-state index is 13.1. The molecule has 1 aromatic rings. The molecule has 15 heavy (non-hydrogen) atoms. The first-order valence-electron chi connectivity index (χ1n) is 5.26. The standard InChI is InChI=1S/C12H13ClFN/c1-15-6-9-5-12(9,7-15)8-2-3-11(14)10(13)4-8/h2-4,9H,5-7H2,1H3/t9-,12?/m0/s1. The number of nitrogens with zero attached hydrogens (tertiary/aromatic N) is 1. The summed E-state index contributed by atoms with van der Waals surface area (Å²) >= 11 is 5.82. The van der Waals surface area contributed by atoms with Crippen molar-refractivity contribution in [1.82, 2.24) is 4.90 Å². The highest BCUT2D eigenvalue weighted by Gasteiger charge is 2.59. The largest absolute Gasteiger partial charge is 0.305 e. The van der Waals surface area contributed by atoms with E-state index in [0.717, 1.165) is 19.0 Å². The summed E-state index contributed by atoms with van der Waals surface area (Å²) in [5.41, 5.74) is 1.50. The lowest BCUT2D eigenvalue weighted by atomic mass is 9.95. The Morgan fingerprint density at radius 1 is 1.53 bits per heavy atom. The lowest BCUT2D eigenvalue weighted by Crippen LogP contribution is -2.22. The van der Waals surface area contributed by atoms with E-state index in [1.165, 1.54) is 18.1 Å². The van der Waals surface area contributed by atoms with Crippen LogP contribution in [0.5, 0.6) is 0 Å². The molecular weight excluding hydrogens is 213 g/mol. The molecule has 0 N–H and O–H groups in total. The summed E-state index contributed by atoms with van der Waals surface area (Å²) in [5.74, 6) is 0.435. The van der Waals surface area contributed by atoms with Gasteiger partial charge in [0.1, 0.15) is 5.82 Å².